The predicted molar refractivity (Wildman–Crippen MR) is 85.5 cm³/mol. The summed E-state index contributed by atoms with van der Waals surface area (Å²) in [6.45, 7) is 3.41. The van der Waals surface area contributed by atoms with Gasteiger partial charge in [-0.05, 0) is 26.0 Å². The summed E-state index contributed by atoms with van der Waals surface area (Å²) in [4.78, 5) is 16.7. The first-order valence-corrected chi connectivity index (χ1v) is 8.34. The number of carbonyl (C=O) groups excluding carboxylic acids is 1. The summed E-state index contributed by atoms with van der Waals surface area (Å²) < 4.78 is 1.96. The average Bonchev–Trinajstić information content (AvgIpc) is 2.95. The molecule has 3 rings (SSSR count). The van der Waals surface area contributed by atoms with Gasteiger partial charge in [-0.3, -0.25) is 4.79 Å². The number of carbonyl (C=O) groups is 1. The lowest BCUT2D eigenvalue weighted by molar-refractivity contribution is -0.148. The molecule has 1 aromatic carbocycles. The molecule has 1 aromatic heterocycles. The van der Waals surface area contributed by atoms with Gasteiger partial charge in [0.05, 0.1) is 16.0 Å². The van der Waals surface area contributed by atoms with Gasteiger partial charge in [-0.15, -0.1) is 11.3 Å². The number of amides is 1. The van der Waals surface area contributed by atoms with Crippen LogP contribution in [0.4, 0.5) is 0 Å². The topological polar surface area (TPSA) is 65.8 Å². The van der Waals surface area contributed by atoms with Gasteiger partial charge in [0.2, 0.25) is 0 Å². The Kier molecular flexibility index (Phi) is 3.73. The summed E-state index contributed by atoms with van der Waals surface area (Å²) in [5.41, 5.74) is 0.493. The first-order valence-electron chi connectivity index (χ1n) is 6.53. The highest BCUT2D eigenvalue weighted by Crippen LogP contribution is 2.31. The number of hydrogen-bond acceptors (Lipinski definition) is 6. The van der Waals surface area contributed by atoms with Gasteiger partial charge in [0.15, 0.2) is 10.1 Å². The molecular formula is C14H15N3O2S2. The van der Waals surface area contributed by atoms with Gasteiger partial charge in [0.1, 0.15) is 0 Å². The van der Waals surface area contributed by atoms with E-state index in [-0.39, 0.29) is 11.7 Å². The van der Waals surface area contributed by atoms with Gasteiger partial charge in [0, 0.05) is 12.1 Å². The largest absolute Gasteiger partial charge is 0.369 e. The molecule has 2 aromatic rings. The summed E-state index contributed by atoms with van der Waals surface area (Å²) in [5, 5.41) is 15.5. The van der Waals surface area contributed by atoms with Crippen LogP contribution in [0.1, 0.15) is 20.3 Å². The lowest BCUT2D eigenvalue weighted by Gasteiger charge is -2.26. The van der Waals surface area contributed by atoms with Crippen molar-refractivity contribution in [2.75, 3.05) is 5.75 Å². The highest BCUT2D eigenvalue weighted by Gasteiger charge is 2.38. The van der Waals surface area contributed by atoms with E-state index in [0.29, 0.717) is 6.42 Å². The van der Waals surface area contributed by atoms with E-state index in [0.717, 1.165) is 20.3 Å². The molecule has 0 fully saturated rings. The van der Waals surface area contributed by atoms with Crippen LogP contribution in [0.3, 0.4) is 0 Å². The van der Waals surface area contributed by atoms with E-state index in [1.54, 1.807) is 18.3 Å². The third-order valence-electron chi connectivity index (χ3n) is 3.15. The van der Waals surface area contributed by atoms with Gasteiger partial charge >= 0.3 is 0 Å². The highest BCUT2D eigenvalue weighted by atomic mass is 32.2. The summed E-state index contributed by atoms with van der Waals surface area (Å²) in [6, 6.07) is 7.88. The van der Waals surface area contributed by atoms with Crippen molar-refractivity contribution in [2.24, 2.45) is 5.10 Å². The SMILES string of the molecule is CC1=NN(C(=O)CSc2nc3ccccc3s2)C(C)(O)C1. The van der Waals surface area contributed by atoms with Crippen molar-refractivity contribution in [2.45, 2.75) is 30.3 Å². The van der Waals surface area contributed by atoms with Crippen molar-refractivity contribution in [1.82, 2.24) is 9.99 Å². The molecule has 1 amide bonds. The second-order valence-corrected chi connectivity index (χ2v) is 7.42. The Morgan fingerprint density at radius 1 is 1.52 bits per heavy atom. The van der Waals surface area contributed by atoms with Crippen LogP contribution in [0, 0.1) is 0 Å². The van der Waals surface area contributed by atoms with E-state index in [9.17, 15) is 9.90 Å². The Hall–Kier alpha value is -1.44. The molecule has 1 aliphatic heterocycles. The zero-order chi connectivity index (χ0) is 15.0. The Labute approximate surface area is 130 Å². The van der Waals surface area contributed by atoms with Crippen LogP contribution in [-0.4, -0.2) is 38.2 Å². The van der Waals surface area contributed by atoms with E-state index < -0.39 is 5.72 Å². The Bertz CT molecular complexity index is 691. The maximum Gasteiger partial charge on any atom is 0.255 e. The molecule has 2 heterocycles. The van der Waals surface area contributed by atoms with Crippen LogP contribution < -0.4 is 0 Å². The normalized spacial score (nSPS) is 21.9. The minimum atomic E-state index is -1.21. The number of aromatic nitrogens is 1. The van der Waals surface area contributed by atoms with Crippen molar-refractivity contribution in [3.63, 3.8) is 0 Å². The fourth-order valence-corrected chi connectivity index (χ4v) is 4.21. The molecular weight excluding hydrogens is 306 g/mol. The maximum atomic E-state index is 12.2. The van der Waals surface area contributed by atoms with Crippen LogP contribution in [0.15, 0.2) is 33.7 Å². The molecule has 1 unspecified atom stereocenters. The number of benzene rings is 1. The smallest absolute Gasteiger partial charge is 0.255 e. The third kappa shape index (κ3) is 2.95. The van der Waals surface area contributed by atoms with E-state index in [2.05, 4.69) is 10.1 Å². The summed E-state index contributed by atoms with van der Waals surface area (Å²) in [5.74, 6) is 0.00772. The molecule has 5 nitrogen and oxygen atoms in total. The summed E-state index contributed by atoms with van der Waals surface area (Å²) in [7, 11) is 0. The number of hydrazone groups is 1. The third-order valence-corrected chi connectivity index (χ3v) is 5.31. The Morgan fingerprint density at radius 3 is 2.95 bits per heavy atom. The number of aliphatic hydroxyl groups is 1. The molecule has 1 N–H and O–H groups in total. The number of nitrogens with zero attached hydrogens (tertiary/aromatic N) is 3. The van der Waals surface area contributed by atoms with Crippen molar-refractivity contribution in [3.8, 4) is 0 Å². The zero-order valence-corrected chi connectivity index (χ0v) is 13.4. The number of thioether (sulfide) groups is 1. The molecule has 7 heteroatoms. The quantitative estimate of drug-likeness (QED) is 0.883. The number of fused-ring (bicyclic) bond motifs is 1. The number of rotatable bonds is 3. The van der Waals surface area contributed by atoms with Gasteiger partial charge in [-0.25, -0.2) is 9.99 Å². The van der Waals surface area contributed by atoms with E-state index in [1.165, 1.54) is 16.8 Å². The van der Waals surface area contributed by atoms with Crippen LogP contribution in [0.25, 0.3) is 10.2 Å². The Balaban J connectivity index is 1.68. The fourth-order valence-electron chi connectivity index (χ4n) is 2.30. The molecule has 21 heavy (non-hydrogen) atoms. The second kappa shape index (κ2) is 5.40. The van der Waals surface area contributed by atoms with Crippen molar-refractivity contribution in [1.29, 1.82) is 0 Å². The molecule has 0 bridgehead atoms. The molecule has 1 atom stereocenters. The van der Waals surface area contributed by atoms with Crippen LogP contribution in [-0.2, 0) is 4.79 Å². The molecule has 0 radical (unpaired) electrons. The first kappa shape index (κ1) is 14.5. The van der Waals surface area contributed by atoms with Crippen LogP contribution in [0.5, 0.6) is 0 Å². The van der Waals surface area contributed by atoms with Crippen molar-refractivity contribution < 1.29 is 9.90 Å². The number of hydrogen-bond donors (Lipinski definition) is 1. The lowest BCUT2D eigenvalue weighted by Crippen LogP contribution is -2.44. The molecule has 1 aliphatic rings. The number of thiazole rings is 1. The minimum absolute atomic E-state index is 0.207. The standard InChI is InChI=1S/C14H15N3O2S2/c1-9-7-14(2,19)17(16-9)12(18)8-20-13-15-10-5-3-4-6-11(10)21-13/h3-6,19H,7-8H2,1-2H3. The van der Waals surface area contributed by atoms with Crippen LogP contribution >= 0.6 is 23.1 Å². The van der Waals surface area contributed by atoms with E-state index >= 15 is 0 Å². The van der Waals surface area contributed by atoms with Gasteiger partial charge in [-0.1, -0.05) is 23.9 Å². The second-order valence-electron chi connectivity index (χ2n) is 5.17. The summed E-state index contributed by atoms with van der Waals surface area (Å²) >= 11 is 2.94. The minimum Gasteiger partial charge on any atom is -0.369 e. The van der Waals surface area contributed by atoms with Crippen molar-refractivity contribution >= 4 is 44.9 Å². The van der Waals surface area contributed by atoms with Gasteiger partial charge in [0.25, 0.3) is 5.91 Å². The number of para-hydroxylation sites is 1. The molecule has 0 aliphatic carbocycles. The maximum absolute atomic E-state index is 12.2. The van der Waals surface area contributed by atoms with Crippen molar-refractivity contribution in [3.05, 3.63) is 24.3 Å². The molecule has 110 valence electrons. The lowest BCUT2D eigenvalue weighted by atomic mass is 10.1. The molecule has 0 saturated carbocycles. The van der Waals surface area contributed by atoms with Crippen LogP contribution in [0.2, 0.25) is 0 Å². The van der Waals surface area contributed by atoms with Gasteiger partial charge in [-0.2, -0.15) is 5.10 Å². The van der Waals surface area contributed by atoms with Gasteiger partial charge < -0.3 is 5.11 Å². The monoisotopic (exact) mass is 321 g/mol. The highest BCUT2D eigenvalue weighted by molar-refractivity contribution is 8.01. The molecule has 0 saturated heterocycles. The summed E-state index contributed by atoms with van der Waals surface area (Å²) in [6.07, 6.45) is 0.393. The van der Waals surface area contributed by atoms with E-state index in [1.807, 2.05) is 31.2 Å². The zero-order valence-electron chi connectivity index (χ0n) is 11.7. The Morgan fingerprint density at radius 2 is 2.29 bits per heavy atom. The molecule has 0 spiro atoms. The fraction of sp³-hybridized carbons (Fsp3) is 0.357. The first-order chi connectivity index (χ1) is 9.95. The van der Waals surface area contributed by atoms with E-state index in [4.69, 9.17) is 0 Å². The average molecular weight is 321 g/mol. The predicted octanol–water partition coefficient (Wildman–Crippen LogP) is 2.71.